The van der Waals surface area contributed by atoms with Gasteiger partial charge in [0.25, 0.3) is 0 Å². The van der Waals surface area contributed by atoms with E-state index in [-0.39, 0.29) is 36.6 Å². The lowest BCUT2D eigenvalue weighted by molar-refractivity contribution is 0.151. The van der Waals surface area contributed by atoms with E-state index in [1.807, 2.05) is 6.07 Å². The summed E-state index contributed by atoms with van der Waals surface area (Å²) in [5.74, 6) is -0.295. The maximum absolute atomic E-state index is 13.9. The van der Waals surface area contributed by atoms with Gasteiger partial charge in [-0.15, -0.1) is 24.8 Å². The molecule has 2 rings (SSSR count). The van der Waals surface area contributed by atoms with E-state index < -0.39 is 5.82 Å². The van der Waals surface area contributed by atoms with Crippen LogP contribution in [0.25, 0.3) is 0 Å². The lowest BCUT2D eigenvalue weighted by Crippen LogP contribution is -2.45. The maximum atomic E-state index is 13.9. The first-order chi connectivity index (χ1) is 9.50. The van der Waals surface area contributed by atoms with Crippen molar-refractivity contribution in [3.05, 3.63) is 28.0 Å². The molecule has 128 valence electrons. The zero-order valence-corrected chi connectivity index (χ0v) is 16.0. The summed E-state index contributed by atoms with van der Waals surface area (Å²) in [5.41, 5.74) is 0.696. The Bertz CT molecular complexity index is 471. The van der Waals surface area contributed by atoms with Gasteiger partial charge < -0.3 is 10.4 Å². The quantitative estimate of drug-likeness (QED) is 0.772. The Morgan fingerprint density at radius 3 is 2.41 bits per heavy atom. The minimum Gasteiger partial charge on any atom is -0.505 e. The van der Waals surface area contributed by atoms with Gasteiger partial charge in [0, 0.05) is 37.8 Å². The SMILES string of the molecule is CC(C)C[C@@H](c1ccc(Br)c(F)c1O)N1CCNCC1.Cl.Cl. The van der Waals surface area contributed by atoms with E-state index in [1.165, 1.54) is 0 Å². The number of phenols is 1. The topological polar surface area (TPSA) is 35.5 Å². The van der Waals surface area contributed by atoms with Crippen molar-refractivity contribution in [2.45, 2.75) is 26.3 Å². The molecule has 1 aliphatic heterocycles. The molecular formula is C15H24BrCl2FN2O. The number of nitrogens with zero attached hydrogens (tertiary/aromatic N) is 1. The average Bonchev–Trinajstić information content (AvgIpc) is 2.44. The first kappa shape index (κ1) is 21.9. The average molecular weight is 418 g/mol. The Labute approximate surface area is 152 Å². The zero-order valence-electron chi connectivity index (χ0n) is 12.8. The van der Waals surface area contributed by atoms with Crippen molar-refractivity contribution in [3.63, 3.8) is 0 Å². The number of hydrogen-bond donors (Lipinski definition) is 2. The number of nitrogens with one attached hydrogen (secondary N) is 1. The molecule has 0 unspecified atom stereocenters. The minimum absolute atomic E-state index is 0. The van der Waals surface area contributed by atoms with E-state index in [0.717, 1.165) is 32.6 Å². The van der Waals surface area contributed by atoms with Crippen LogP contribution in [0.15, 0.2) is 16.6 Å². The zero-order chi connectivity index (χ0) is 14.7. The van der Waals surface area contributed by atoms with E-state index in [4.69, 9.17) is 0 Å². The second-order valence-corrected chi connectivity index (χ2v) is 6.58. The van der Waals surface area contributed by atoms with Gasteiger partial charge in [-0.2, -0.15) is 0 Å². The van der Waals surface area contributed by atoms with Gasteiger partial charge in [-0.3, -0.25) is 4.90 Å². The summed E-state index contributed by atoms with van der Waals surface area (Å²) >= 11 is 3.12. The molecule has 1 aromatic carbocycles. The number of rotatable bonds is 4. The smallest absolute Gasteiger partial charge is 0.179 e. The third-order valence-electron chi connectivity index (χ3n) is 3.75. The van der Waals surface area contributed by atoms with Gasteiger partial charge in [0.1, 0.15) is 0 Å². The molecule has 0 saturated carbocycles. The fourth-order valence-electron chi connectivity index (χ4n) is 2.74. The molecule has 0 aliphatic carbocycles. The molecular weight excluding hydrogens is 394 g/mol. The molecule has 22 heavy (non-hydrogen) atoms. The lowest BCUT2D eigenvalue weighted by Gasteiger charge is -2.36. The molecule has 1 atom stereocenters. The summed E-state index contributed by atoms with van der Waals surface area (Å²) in [7, 11) is 0. The highest BCUT2D eigenvalue weighted by Crippen LogP contribution is 2.37. The van der Waals surface area contributed by atoms with Gasteiger partial charge in [-0.05, 0) is 34.3 Å². The summed E-state index contributed by atoms with van der Waals surface area (Å²) in [6, 6.07) is 3.58. The van der Waals surface area contributed by atoms with Gasteiger partial charge in [-0.25, -0.2) is 4.39 Å². The van der Waals surface area contributed by atoms with Crippen LogP contribution in [-0.4, -0.2) is 36.2 Å². The molecule has 1 fully saturated rings. The molecule has 2 N–H and O–H groups in total. The fourth-order valence-corrected chi connectivity index (χ4v) is 3.06. The van der Waals surface area contributed by atoms with Crippen molar-refractivity contribution in [2.75, 3.05) is 26.2 Å². The van der Waals surface area contributed by atoms with Gasteiger partial charge in [0.05, 0.1) is 4.47 Å². The van der Waals surface area contributed by atoms with Gasteiger partial charge in [0.15, 0.2) is 11.6 Å². The number of halogens is 4. The standard InChI is InChI=1S/C15H22BrFN2O.2ClH/c1-10(2)9-13(19-7-5-18-6-8-19)11-3-4-12(16)14(17)15(11)20;;/h3-4,10,13,18,20H,5-9H2,1-2H3;2*1H/t13-;;/m0../s1. The Morgan fingerprint density at radius 2 is 1.86 bits per heavy atom. The molecule has 3 nitrogen and oxygen atoms in total. The highest BCUT2D eigenvalue weighted by molar-refractivity contribution is 9.10. The van der Waals surface area contributed by atoms with Crippen molar-refractivity contribution in [3.8, 4) is 5.75 Å². The monoisotopic (exact) mass is 416 g/mol. The van der Waals surface area contributed by atoms with Crippen LogP contribution in [0, 0.1) is 11.7 Å². The normalized spacial score (nSPS) is 16.8. The molecule has 1 aliphatic rings. The van der Waals surface area contributed by atoms with Gasteiger partial charge >= 0.3 is 0 Å². The second-order valence-electron chi connectivity index (χ2n) is 5.73. The number of piperazine rings is 1. The maximum Gasteiger partial charge on any atom is 0.179 e. The van der Waals surface area contributed by atoms with Crippen molar-refractivity contribution < 1.29 is 9.50 Å². The van der Waals surface area contributed by atoms with E-state index in [0.29, 0.717) is 16.0 Å². The lowest BCUT2D eigenvalue weighted by atomic mass is 9.94. The number of aromatic hydroxyl groups is 1. The fraction of sp³-hybridized carbons (Fsp3) is 0.600. The van der Waals surface area contributed by atoms with E-state index in [1.54, 1.807) is 6.07 Å². The number of phenolic OH excluding ortho intramolecular Hbond substituents is 1. The van der Waals surface area contributed by atoms with Crippen LogP contribution in [0.1, 0.15) is 31.9 Å². The van der Waals surface area contributed by atoms with Gasteiger partial charge in [-0.1, -0.05) is 19.9 Å². The predicted molar refractivity (Wildman–Crippen MR) is 96.9 cm³/mol. The molecule has 0 spiro atoms. The summed E-state index contributed by atoms with van der Waals surface area (Å²) < 4.78 is 14.2. The Morgan fingerprint density at radius 1 is 1.27 bits per heavy atom. The van der Waals surface area contributed by atoms with Crippen molar-refractivity contribution >= 4 is 40.7 Å². The van der Waals surface area contributed by atoms with Crippen LogP contribution in [-0.2, 0) is 0 Å². The Balaban J connectivity index is 0.00000220. The molecule has 1 aromatic rings. The summed E-state index contributed by atoms with van der Waals surface area (Å²) in [5, 5.41) is 13.5. The van der Waals surface area contributed by atoms with E-state index in [9.17, 15) is 9.50 Å². The predicted octanol–water partition coefficient (Wildman–Crippen LogP) is 4.13. The van der Waals surface area contributed by atoms with Crippen LogP contribution in [0.5, 0.6) is 5.75 Å². The molecule has 7 heteroatoms. The molecule has 0 bridgehead atoms. The third kappa shape index (κ3) is 5.24. The van der Waals surface area contributed by atoms with Crippen molar-refractivity contribution in [1.82, 2.24) is 10.2 Å². The minimum atomic E-state index is -0.564. The first-order valence-electron chi connectivity index (χ1n) is 7.12. The van der Waals surface area contributed by atoms with E-state index in [2.05, 4.69) is 40.0 Å². The first-order valence-corrected chi connectivity index (χ1v) is 7.91. The summed E-state index contributed by atoms with van der Waals surface area (Å²) in [6.45, 7) is 8.04. The number of hydrogen-bond acceptors (Lipinski definition) is 3. The van der Waals surface area contributed by atoms with Crippen LogP contribution in [0.3, 0.4) is 0 Å². The highest BCUT2D eigenvalue weighted by Gasteiger charge is 2.26. The summed E-state index contributed by atoms with van der Waals surface area (Å²) in [4.78, 5) is 2.33. The van der Waals surface area contributed by atoms with Crippen LogP contribution in [0.4, 0.5) is 4.39 Å². The Kier molecular flexibility index (Phi) is 9.90. The molecule has 0 aromatic heterocycles. The molecule has 1 heterocycles. The molecule has 0 radical (unpaired) electrons. The number of benzene rings is 1. The third-order valence-corrected chi connectivity index (χ3v) is 4.36. The highest BCUT2D eigenvalue weighted by atomic mass is 79.9. The summed E-state index contributed by atoms with van der Waals surface area (Å²) in [6.07, 6.45) is 0.911. The second kappa shape index (κ2) is 9.93. The van der Waals surface area contributed by atoms with E-state index >= 15 is 0 Å². The largest absolute Gasteiger partial charge is 0.505 e. The van der Waals surface area contributed by atoms with Crippen LogP contribution in [0.2, 0.25) is 0 Å². The molecule has 0 amide bonds. The molecule has 1 saturated heterocycles. The Hall–Kier alpha value is -0.0700. The van der Waals surface area contributed by atoms with Crippen molar-refractivity contribution in [1.29, 1.82) is 0 Å². The van der Waals surface area contributed by atoms with Crippen LogP contribution >= 0.6 is 40.7 Å². The van der Waals surface area contributed by atoms with Crippen LogP contribution < -0.4 is 5.32 Å². The van der Waals surface area contributed by atoms with Gasteiger partial charge in [0.2, 0.25) is 0 Å². The van der Waals surface area contributed by atoms with Crippen molar-refractivity contribution in [2.24, 2.45) is 5.92 Å².